The molecule has 0 aliphatic carbocycles. The molecule has 0 radical (unpaired) electrons. The van der Waals surface area contributed by atoms with Gasteiger partial charge in [-0.1, -0.05) is 182 Å². The first-order valence-electron chi connectivity index (χ1n) is 31.8. The third-order valence-corrected chi connectivity index (χ3v) is 15.3. The maximum atomic E-state index is 12.8. The molecule has 3 aromatic heterocycles. The molecule has 100 heavy (non-hydrogen) atoms. The van der Waals surface area contributed by atoms with Gasteiger partial charge in [-0.05, 0) is 33.4 Å². The second-order valence-corrected chi connectivity index (χ2v) is 22.9. The molecular weight excluding hydrogens is 1290 g/mol. The van der Waals surface area contributed by atoms with Crippen LogP contribution < -0.4 is 47.9 Å². The van der Waals surface area contributed by atoms with E-state index in [4.69, 9.17) is 0 Å². The van der Waals surface area contributed by atoms with E-state index >= 15 is 0 Å². The van der Waals surface area contributed by atoms with Gasteiger partial charge in [0.2, 0.25) is 53.5 Å². The van der Waals surface area contributed by atoms with Crippen LogP contribution in [0.4, 0.5) is 53.5 Å². The molecule has 0 saturated heterocycles. The number of carbonyl (C=O) groups is 6. The van der Waals surface area contributed by atoms with Crippen molar-refractivity contribution >= 4 is 89.4 Å². The van der Waals surface area contributed by atoms with E-state index in [0.717, 1.165) is 0 Å². The molecule has 0 aliphatic rings. The highest BCUT2D eigenvalue weighted by Crippen LogP contribution is 2.20. The van der Waals surface area contributed by atoms with Crippen molar-refractivity contribution in [1.82, 2.24) is 49.8 Å². The third kappa shape index (κ3) is 23.3. The maximum Gasteiger partial charge on any atom is 0.326 e. The highest BCUT2D eigenvalue weighted by atomic mass is 16.4. The average Bonchev–Trinajstić information content (AvgIpc) is 0.851. The van der Waals surface area contributed by atoms with Crippen LogP contribution in [0.5, 0.6) is 0 Å². The molecule has 0 bridgehead atoms. The molecule has 9 rings (SSSR count). The van der Waals surface area contributed by atoms with Crippen molar-refractivity contribution in [3.63, 3.8) is 0 Å². The fraction of sp³-hybridized carbons (Fsp3) is 0.261. The molecule has 518 valence electrons. The molecule has 6 atom stereocenters. The van der Waals surface area contributed by atoms with Crippen molar-refractivity contribution < 1.29 is 59.4 Å². The summed E-state index contributed by atoms with van der Waals surface area (Å²) >= 11 is 0. The Morgan fingerprint density at radius 3 is 0.550 bits per heavy atom. The Hall–Kier alpha value is -12.7. The van der Waals surface area contributed by atoms with Crippen LogP contribution in [0.25, 0.3) is 0 Å². The molecule has 0 spiro atoms. The lowest BCUT2D eigenvalue weighted by Gasteiger charge is -2.24. The van der Waals surface area contributed by atoms with Crippen molar-refractivity contribution in [1.29, 1.82) is 0 Å². The Morgan fingerprint density at radius 2 is 0.400 bits per heavy atom. The van der Waals surface area contributed by atoms with Crippen LogP contribution in [0, 0.1) is 0 Å². The van der Waals surface area contributed by atoms with Crippen LogP contribution in [0.3, 0.4) is 0 Å². The van der Waals surface area contributed by atoms with E-state index in [1.165, 1.54) is 0 Å². The topological polar surface area (TPSA) is 451 Å². The van der Waals surface area contributed by atoms with Crippen molar-refractivity contribution in [2.75, 3.05) is 87.1 Å². The van der Waals surface area contributed by atoms with E-state index in [1.54, 1.807) is 182 Å². The normalized spacial score (nSPS) is 12.8. The number of rotatable bonds is 42. The van der Waals surface area contributed by atoms with Crippen LogP contribution in [0.15, 0.2) is 182 Å². The summed E-state index contributed by atoms with van der Waals surface area (Å²) in [7, 11) is 0. The molecule has 0 aliphatic heterocycles. The minimum atomic E-state index is -1.24. The Balaban J connectivity index is 1.01. The fourth-order valence-corrected chi connectivity index (χ4v) is 10.3. The van der Waals surface area contributed by atoms with Gasteiger partial charge in [0, 0.05) is 77.8 Å². The summed E-state index contributed by atoms with van der Waals surface area (Å²) in [5.74, 6) is -8.64. The number of nitrogens with zero attached hydrogens (tertiary/aromatic N) is 10. The van der Waals surface area contributed by atoms with E-state index in [9.17, 15) is 59.4 Å². The number of hydrogen-bond donors (Lipinski definition) is 15. The quantitative estimate of drug-likeness (QED) is 0.0214. The molecule has 3 heterocycles. The Labute approximate surface area is 573 Å². The van der Waals surface area contributed by atoms with E-state index in [-0.39, 0.29) is 131 Å². The highest BCUT2D eigenvalue weighted by molar-refractivity contribution is 5.80. The zero-order chi connectivity index (χ0) is 70.6. The van der Waals surface area contributed by atoms with Crippen LogP contribution in [-0.2, 0) is 67.3 Å². The minimum Gasteiger partial charge on any atom is -0.480 e. The van der Waals surface area contributed by atoms with Crippen molar-refractivity contribution in [2.24, 2.45) is 0 Å². The van der Waals surface area contributed by atoms with Gasteiger partial charge in [0.05, 0.1) is 0 Å². The summed E-state index contributed by atoms with van der Waals surface area (Å²) in [5, 5.41) is 89.2. The van der Waals surface area contributed by atoms with E-state index in [0.29, 0.717) is 33.4 Å². The number of aromatic nitrogens is 9. The van der Waals surface area contributed by atoms with Gasteiger partial charge in [0.15, 0.2) is 0 Å². The predicted molar refractivity (Wildman–Crippen MR) is 373 cm³/mol. The van der Waals surface area contributed by atoms with Gasteiger partial charge >= 0.3 is 35.8 Å². The zero-order valence-corrected chi connectivity index (χ0v) is 53.9. The second kappa shape index (κ2) is 36.4. The lowest BCUT2D eigenvalue weighted by atomic mass is 10.1. The number of aliphatic carboxylic acids is 6. The summed E-state index contributed by atoms with van der Waals surface area (Å²) in [6.07, 6.45) is 0.161. The summed E-state index contributed by atoms with van der Waals surface area (Å²) < 4.78 is 0. The van der Waals surface area contributed by atoms with Crippen LogP contribution >= 0.6 is 0 Å². The summed E-state index contributed by atoms with van der Waals surface area (Å²) in [5.41, 5.74) is 4.21. The monoisotopic (exact) mass is 1360 g/mol. The number of hydrogen-bond acceptors (Lipinski definition) is 25. The van der Waals surface area contributed by atoms with E-state index in [2.05, 4.69) is 92.7 Å². The molecule has 0 saturated carbocycles. The van der Waals surface area contributed by atoms with Crippen LogP contribution in [0.1, 0.15) is 33.4 Å². The van der Waals surface area contributed by atoms with Crippen LogP contribution in [0.2, 0.25) is 0 Å². The number of nitrogens with one attached hydrogen (secondary N) is 9. The van der Waals surface area contributed by atoms with Gasteiger partial charge in [-0.15, -0.1) is 0 Å². The molecular formula is C69H75N19O12. The number of benzene rings is 6. The number of carboxylic acid groups (broad SMARTS) is 6. The minimum absolute atomic E-state index is 0.0268. The number of anilines is 9. The second-order valence-electron chi connectivity index (χ2n) is 22.9. The molecule has 9 aromatic rings. The molecule has 0 fully saturated rings. The molecule has 15 N–H and O–H groups in total. The van der Waals surface area contributed by atoms with Crippen molar-refractivity contribution in [3.8, 4) is 0 Å². The van der Waals surface area contributed by atoms with Gasteiger partial charge in [-0.2, -0.15) is 44.9 Å². The lowest BCUT2D eigenvalue weighted by molar-refractivity contribution is -0.138. The summed E-state index contributed by atoms with van der Waals surface area (Å²) in [6.45, 7) is 0.709. The standard InChI is InChI=1S/C69H75N19O12/c89-55(90)49(37-43-19-7-1-8-20-43)73-64-79-61(80-65(85-64)74-50(56(91)92)38-44-21-9-2-10-22-44)70-31-34-88(35-32-71-62-81-66(75-51(57(93)94)39-45-23-11-3-12-24-45)86-67(82-62)76-52(58(95)96)40-46-25-13-4-14-26-46)36-33-72-63-83-68(77-53(59(97)98)41-47-27-15-5-16-28-47)87-69(84-63)78-54(60(99)100)42-48-29-17-6-18-30-48/h1-30,49-54H,31-42H2,(H,89,90)(H,91,92)(H,93,94)(H,95,96)(H,97,98)(H,99,100)(H3,70,73,74,79,80,85)(H3,71,75,76,81,82,86)(H3,72,77,78,83,84,87)/t49-,50+,51-,52+,53-,54+. The molecule has 31 nitrogen and oxygen atoms in total. The Kier molecular flexibility index (Phi) is 26.1. The lowest BCUT2D eigenvalue weighted by Crippen LogP contribution is -2.37. The van der Waals surface area contributed by atoms with E-state index in [1.807, 2.05) is 4.90 Å². The largest absolute Gasteiger partial charge is 0.480 e. The molecule has 6 aromatic carbocycles. The molecule has 31 heteroatoms. The first kappa shape index (κ1) is 71.6. The van der Waals surface area contributed by atoms with Gasteiger partial charge in [-0.3, -0.25) is 4.90 Å². The van der Waals surface area contributed by atoms with Crippen LogP contribution in [-0.4, -0.2) is 192 Å². The fourth-order valence-electron chi connectivity index (χ4n) is 10.3. The first-order valence-corrected chi connectivity index (χ1v) is 31.8. The summed E-state index contributed by atoms with van der Waals surface area (Å²) in [4.78, 5) is 119. The van der Waals surface area contributed by atoms with Gasteiger partial charge in [0.25, 0.3) is 0 Å². The first-order chi connectivity index (χ1) is 48.4. The molecule has 0 unspecified atom stereocenters. The van der Waals surface area contributed by atoms with E-state index < -0.39 is 72.1 Å². The SMILES string of the molecule is O=C(O)[C@H](Cc1ccccc1)Nc1nc(NCCN(CCNc2nc(N[C@@H](Cc3ccccc3)C(=O)O)nc(N[C@H](Cc3ccccc3)C(=O)O)n2)CCNc2nc(N[C@@H](Cc3ccccc3)C(=O)O)nc(N[C@H](Cc3ccccc3)C(=O)O)n2)nc(N[C@H](Cc2ccccc2)C(=O)O)n1. The summed E-state index contributed by atoms with van der Waals surface area (Å²) in [6, 6.07) is 45.9. The smallest absolute Gasteiger partial charge is 0.326 e. The van der Waals surface area contributed by atoms with Gasteiger partial charge < -0.3 is 78.5 Å². The van der Waals surface area contributed by atoms with Gasteiger partial charge in [-0.25, -0.2) is 28.8 Å². The average molecular weight is 1360 g/mol. The highest BCUT2D eigenvalue weighted by Gasteiger charge is 2.28. The van der Waals surface area contributed by atoms with Crippen molar-refractivity contribution in [3.05, 3.63) is 215 Å². The Bertz CT molecular complexity index is 3470. The predicted octanol–water partition coefficient (Wildman–Crippen LogP) is 5.83. The van der Waals surface area contributed by atoms with Gasteiger partial charge in [0.1, 0.15) is 36.3 Å². The number of carboxylic acids is 6. The zero-order valence-electron chi connectivity index (χ0n) is 53.9. The maximum absolute atomic E-state index is 12.8. The molecule has 0 amide bonds. The van der Waals surface area contributed by atoms with Crippen molar-refractivity contribution in [2.45, 2.75) is 74.8 Å². The Morgan fingerprint density at radius 1 is 0.250 bits per heavy atom. The third-order valence-electron chi connectivity index (χ3n) is 15.3.